The monoisotopic (exact) mass is 585 g/mol. The molecule has 0 unspecified atom stereocenters. The summed E-state index contributed by atoms with van der Waals surface area (Å²) in [5.74, 6) is -0.930. The number of anilines is 1. The summed E-state index contributed by atoms with van der Waals surface area (Å²) in [6, 6.07) is 14.5. The quantitative estimate of drug-likeness (QED) is 0.380. The number of hydrogen-bond acceptors (Lipinski definition) is 7. The number of carbonyl (C=O) groups is 3. The maximum Gasteiger partial charge on any atom is 0.416 e. The number of aliphatic imine (C=N–C) groups is 2. The molecule has 13 heteroatoms. The first-order valence-electron chi connectivity index (χ1n) is 12.2. The zero-order chi connectivity index (χ0) is 28.3. The molecule has 1 atom stereocenters. The molecule has 2 aliphatic rings. The third-order valence-corrected chi connectivity index (χ3v) is 7.85. The lowest BCUT2D eigenvalue weighted by Gasteiger charge is -2.25. The van der Waals surface area contributed by atoms with Gasteiger partial charge in [0.1, 0.15) is 11.9 Å². The Balaban J connectivity index is 1.25. The van der Waals surface area contributed by atoms with Crippen molar-refractivity contribution in [3.8, 4) is 0 Å². The summed E-state index contributed by atoms with van der Waals surface area (Å²) in [6.07, 6.45) is -4.23. The Bertz CT molecular complexity index is 1510. The molecular formula is C27H22F3N5O3S2. The fourth-order valence-corrected chi connectivity index (χ4v) is 5.59. The molecule has 0 saturated carbocycles. The normalized spacial score (nSPS) is 16.1. The van der Waals surface area contributed by atoms with E-state index in [9.17, 15) is 27.6 Å². The Kier molecular flexibility index (Phi) is 8.03. The van der Waals surface area contributed by atoms with Crippen molar-refractivity contribution in [2.24, 2.45) is 9.98 Å². The second kappa shape index (κ2) is 11.6. The predicted molar refractivity (Wildman–Crippen MR) is 149 cm³/mol. The molecule has 0 saturated heterocycles. The summed E-state index contributed by atoms with van der Waals surface area (Å²) in [4.78, 5) is 49.8. The molecule has 0 spiro atoms. The summed E-state index contributed by atoms with van der Waals surface area (Å²) >= 11 is 2.51. The van der Waals surface area contributed by atoms with E-state index in [0.29, 0.717) is 23.6 Å². The Morgan fingerprint density at radius 2 is 1.88 bits per heavy atom. The molecule has 2 aromatic carbocycles. The fourth-order valence-electron chi connectivity index (χ4n) is 4.14. The number of alkyl halides is 3. The summed E-state index contributed by atoms with van der Waals surface area (Å²) < 4.78 is 39.0. The molecule has 40 heavy (non-hydrogen) atoms. The second-order valence-corrected chi connectivity index (χ2v) is 10.8. The highest BCUT2D eigenvalue weighted by atomic mass is 32.2. The zero-order valence-electron chi connectivity index (χ0n) is 20.8. The van der Waals surface area contributed by atoms with Crippen LogP contribution in [0.3, 0.4) is 0 Å². The van der Waals surface area contributed by atoms with Crippen LogP contribution in [-0.4, -0.2) is 45.4 Å². The van der Waals surface area contributed by atoms with Gasteiger partial charge in [0, 0.05) is 22.5 Å². The number of benzene rings is 2. The molecule has 2 aliphatic heterocycles. The van der Waals surface area contributed by atoms with Crippen molar-refractivity contribution in [1.82, 2.24) is 10.2 Å². The molecule has 0 radical (unpaired) electrons. The summed E-state index contributed by atoms with van der Waals surface area (Å²) in [7, 11) is 0. The lowest BCUT2D eigenvalue weighted by molar-refractivity contribution is -0.137. The highest BCUT2D eigenvalue weighted by Crippen LogP contribution is 2.34. The topological polar surface area (TPSA) is 103 Å². The lowest BCUT2D eigenvalue weighted by atomic mass is 10.1. The standard InChI is InChI=1S/C27H22F3N5O3S2/c28-27(29,30)16-5-3-6-17(13-16)32-23(37)15-40-26-34-20-9-2-1-8-19(20)24-33-21(25(38)35(24)26)10-11-22(36)31-14-18-7-4-12-39-18/h1-9,12-13,21H,10-11,14-15H2,(H,31,36)(H,32,37)/t21-/m1/s1. The van der Waals surface area contributed by atoms with Gasteiger partial charge >= 0.3 is 6.18 Å². The second-order valence-electron chi connectivity index (χ2n) is 8.86. The van der Waals surface area contributed by atoms with Crippen LogP contribution in [0.1, 0.15) is 28.8 Å². The van der Waals surface area contributed by atoms with Gasteiger partial charge in [-0.25, -0.2) is 9.89 Å². The van der Waals surface area contributed by atoms with E-state index in [1.54, 1.807) is 24.3 Å². The molecular weight excluding hydrogens is 563 g/mol. The van der Waals surface area contributed by atoms with Crippen molar-refractivity contribution >= 4 is 63.2 Å². The van der Waals surface area contributed by atoms with E-state index in [4.69, 9.17) is 0 Å². The van der Waals surface area contributed by atoms with Gasteiger partial charge in [-0.1, -0.05) is 36.0 Å². The molecule has 5 rings (SSSR count). The molecule has 0 fully saturated rings. The Labute approximate surface area is 235 Å². The average Bonchev–Trinajstić information content (AvgIpc) is 3.57. The number of amides is 3. The van der Waals surface area contributed by atoms with Crippen molar-refractivity contribution in [2.75, 3.05) is 11.1 Å². The van der Waals surface area contributed by atoms with Gasteiger partial charge in [0.15, 0.2) is 5.17 Å². The van der Waals surface area contributed by atoms with Gasteiger partial charge in [-0.2, -0.15) is 13.2 Å². The van der Waals surface area contributed by atoms with Gasteiger partial charge in [0.2, 0.25) is 11.8 Å². The first-order valence-corrected chi connectivity index (χ1v) is 14.0. The minimum Gasteiger partial charge on any atom is -0.351 e. The number of nitrogens with zero attached hydrogens (tertiary/aromatic N) is 3. The molecule has 206 valence electrons. The van der Waals surface area contributed by atoms with Gasteiger partial charge in [0.25, 0.3) is 5.91 Å². The molecule has 0 aliphatic carbocycles. The third kappa shape index (κ3) is 6.26. The maximum absolute atomic E-state index is 13.4. The number of thiophene rings is 1. The van der Waals surface area contributed by atoms with E-state index < -0.39 is 23.7 Å². The molecule has 3 heterocycles. The minimum absolute atomic E-state index is 0.00766. The number of carbonyl (C=O) groups excluding carboxylic acids is 3. The van der Waals surface area contributed by atoms with Gasteiger partial charge in [0.05, 0.1) is 23.5 Å². The molecule has 3 amide bonds. The largest absolute Gasteiger partial charge is 0.416 e. The van der Waals surface area contributed by atoms with Crippen LogP contribution in [0.2, 0.25) is 0 Å². The van der Waals surface area contributed by atoms with Crippen molar-refractivity contribution in [3.63, 3.8) is 0 Å². The SMILES string of the molecule is O=C(CC[C@H]1N=C2c3ccccc3N=C(SCC(=O)Nc3cccc(C(F)(F)F)c3)N2C1=O)NCc1cccs1. The van der Waals surface area contributed by atoms with Crippen LogP contribution < -0.4 is 10.6 Å². The summed E-state index contributed by atoms with van der Waals surface area (Å²) in [5.41, 5.74) is 0.355. The van der Waals surface area contributed by atoms with Crippen LogP contribution in [0.5, 0.6) is 0 Å². The van der Waals surface area contributed by atoms with E-state index in [1.807, 2.05) is 17.5 Å². The number of hydrogen-bond donors (Lipinski definition) is 2. The Hall–Kier alpha value is -3.97. The van der Waals surface area contributed by atoms with Crippen LogP contribution >= 0.6 is 23.1 Å². The Morgan fingerprint density at radius 1 is 1.05 bits per heavy atom. The van der Waals surface area contributed by atoms with Crippen molar-refractivity contribution in [3.05, 3.63) is 82.0 Å². The molecule has 1 aromatic heterocycles. The van der Waals surface area contributed by atoms with E-state index in [-0.39, 0.29) is 41.3 Å². The first-order chi connectivity index (χ1) is 19.2. The number of thioether (sulfide) groups is 1. The maximum atomic E-state index is 13.4. The van der Waals surface area contributed by atoms with Crippen LogP contribution in [0.25, 0.3) is 0 Å². The van der Waals surface area contributed by atoms with Gasteiger partial charge in [-0.05, 0) is 48.2 Å². The van der Waals surface area contributed by atoms with Crippen molar-refractivity contribution in [1.29, 1.82) is 0 Å². The molecule has 3 aromatic rings. The molecule has 8 nitrogen and oxygen atoms in total. The van der Waals surface area contributed by atoms with Gasteiger partial charge in [-0.3, -0.25) is 19.4 Å². The number of nitrogens with one attached hydrogen (secondary N) is 2. The number of para-hydroxylation sites is 1. The Morgan fingerprint density at radius 3 is 2.65 bits per heavy atom. The average molecular weight is 586 g/mol. The highest BCUT2D eigenvalue weighted by molar-refractivity contribution is 8.14. The van der Waals surface area contributed by atoms with Crippen LogP contribution in [0.4, 0.5) is 24.5 Å². The smallest absolute Gasteiger partial charge is 0.351 e. The van der Waals surface area contributed by atoms with Crippen molar-refractivity contribution in [2.45, 2.75) is 31.6 Å². The third-order valence-electron chi connectivity index (χ3n) is 6.04. The summed E-state index contributed by atoms with van der Waals surface area (Å²) in [6.45, 7) is 0.416. The first kappa shape index (κ1) is 27.6. The lowest BCUT2D eigenvalue weighted by Crippen LogP contribution is -2.41. The number of halogens is 3. The fraction of sp³-hybridized carbons (Fsp3) is 0.222. The molecule has 0 bridgehead atoms. The van der Waals surface area contributed by atoms with Gasteiger partial charge in [-0.15, -0.1) is 11.3 Å². The number of fused-ring (bicyclic) bond motifs is 3. The highest BCUT2D eigenvalue weighted by Gasteiger charge is 2.41. The minimum atomic E-state index is -4.53. The molecule has 2 N–H and O–H groups in total. The summed E-state index contributed by atoms with van der Waals surface area (Å²) in [5, 5.41) is 7.45. The number of rotatable bonds is 8. The van der Waals surface area contributed by atoms with Crippen LogP contribution in [0.15, 0.2) is 76.0 Å². The van der Waals surface area contributed by atoms with Gasteiger partial charge < -0.3 is 10.6 Å². The van der Waals surface area contributed by atoms with Crippen molar-refractivity contribution < 1.29 is 27.6 Å². The van der Waals surface area contributed by atoms with Crippen LogP contribution in [0, 0.1) is 0 Å². The number of amidine groups is 2. The van der Waals surface area contributed by atoms with Crippen LogP contribution in [-0.2, 0) is 27.1 Å². The van der Waals surface area contributed by atoms with E-state index in [2.05, 4.69) is 20.6 Å². The van der Waals surface area contributed by atoms with E-state index in [1.165, 1.54) is 28.4 Å². The van der Waals surface area contributed by atoms with E-state index >= 15 is 0 Å². The van der Waals surface area contributed by atoms with E-state index in [0.717, 1.165) is 28.8 Å². The predicted octanol–water partition coefficient (Wildman–Crippen LogP) is 5.19. The zero-order valence-corrected chi connectivity index (χ0v) is 22.4.